The molecule has 0 aliphatic carbocycles. The predicted octanol–water partition coefficient (Wildman–Crippen LogP) is 3.23. The van der Waals surface area contributed by atoms with Gasteiger partial charge in [-0.3, -0.25) is 24.1 Å². The Morgan fingerprint density at radius 2 is 1.86 bits per heavy atom. The summed E-state index contributed by atoms with van der Waals surface area (Å²) in [5.41, 5.74) is -2.08. The summed E-state index contributed by atoms with van der Waals surface area (Å²) >= 11 is 1.54. The first kappa shape index (κ1) is 25.4. The van der Waals surface area contributed by atoms with E-state index in [-0.39, 0.29) is 23.5 Å². The number of hydrogen-bond donors (Lipinski definition) is 2. The second kappa shape index (κ2) is 8.63. The third kappa shape index (κ3) is 4.10. The number of Topliss-reactive ketones (excluding diaryl/α,β-unsaturated/α-hetero) is 1. The molecule has 194 valence electrons. The number of benzene rings is 1. The first-order chi connectivity index (χ1) is 17.4. The first-order valence-electron chi connectivity index (χ1n) is 12.3. The molecule has 3 amide bonds. The van der Waals surface area contributed by atoms with E-state index < -0.39 is 34.6 Å². The molecule has 1 aromatic carbocycles. The van der Waals surface area contributed by atoms with Gasteiger partial charge in [-0.1, -0.05) is 30.4 Å². The summed E-state index contributed by atoms with van der Waals surface area (Å²) in [4.78, 5) is 56.1. The highest BCUT2D eigenvalue weighted by Crippen LogP contribution is 2.60. The zero-order valence-electron chi connectivity index (χ0n) is 21.5. The van der Waals surface area contributed by atoms with Crippen molar-refractivity contribution in [1.82, 2.24) is 10.6 Å². The number of amides is 3. The van der Waals surface area contributed by atoms with E-state index in [1.807, 2.05) is 38.3 Å². The fraction of sp³-hybridized carbons (Fsp3) is 0.429. The van der Waals surface area contributed by atoms with Gasteiger partial charge in [0.2, 0.25) is 17.7 Å². The lowest BCUT2D eigenvalue weighted by Gasteiger charge is -2.35. The molecule has 1 spiro atoms. The third-order valence-corrected chi connectivity index (χ3v) is 8.15. The molecule has 8 nitrogen and oxygen atoms in total. The summed E-state index contributed by atoms with van der Waals surface area (Å²) in [6, 6.07) is 9.45. The summed E-state index contributed by atoms with van der Waals surface area (Å²) in [6.07, 6.45) is 3.58. The van der Waals surface area contributed by atoms with Crippen LogP contribution >= 0.6 is 11.3 Å². The van der Waals surface area contributed by atoms with Crippen LogP contribution in [0.1, 0.15) is 49.9 Å². The molecule has 2 bridgehead atoms. The number of ether oxygens (including phenoxy) is 1. The number of thiophene rings is 1. The molecule has 2 saturated heterocycles. The van der Waals surface area contributed by atoms with Crippen molar-refractivity contribution >= 4 is 40.5 Å². The van der Waals surface area contributed by atoms with E-state index >= 15 is 0 Å². The lowest BCUT2D eigenvalue weighted by atomic mass is 9.70. The van der Waals surface area contributed by atoms with Gasteiger partial charge in [0, 0.05) is 21.7 Å². The van der Waals surface area contributed by atoms with Gasteiger partial charge in [0.15, 0.2) is 5.78 Å². The SMILES string of the molecule is CC(=O)c1cccc(N2C(=O)[C@H]3[C@@H](C(=O)NCc4cccs4)[C@@]4(C)C=C[C@]3(O4)[C@H]2C(=O)NC(C)(C)C)c1. The number of nitrogens with one attached hydrogen (secondary N) is 2. The van der Waals surface area contributed by atoms with Crippen molar-refractivity contribution in [3.63, 3.8) is 0 Å². The lowest BCUT2D eigenvalue weighted by Crippen LogP contribution is -2.58. The van der Waals surface area contributed by atoms with E-state index in [4.69, 9.17) is 4.74 Å². The number of fused-ring (bicyclic) bond motifs is 1. The minimum Gasteiger partial charge on any atom is -0.356 e. The van der Waals surface area contributed by atoms with Gasteiger partial charge < -0.3 is 15.4 Å². The quantitative estimate of drug-likeness (QED) is 0.449. The van der Waals surface area contributed by atoms with E-state index in [2.05, 4.69) is 10.6 Å². The lowest BCUT2D eigenvalue weighted by molar-refractivity contribution is -0.134. The molecule has 9 heteroatoms. The van der Waals surface area contributed by atoms with Crippen LogP contribution in [-0.2, 0) is 25.7 Å². The molecular weight excluding hydrogens is 490 g/mol. The second-order valence-corrected chi connectivity index (χ2v) is 12.2. The monoisotopic (exact) mass is 521 g/mol. The van der Waals surface area contributed by atoms with Crippen LogP contribution in [0.25, 0.3) is 0 Å². The Balaban J connectivity index is 1.57. The van der Waals surface area contributed by atoms with E-state index in [1.54, 1.807) is 43.3 Å². The minimum atomic E-state index is -1.32. The van der Waals surface area contributed by atoms with E-state index in [0.29, 0.717) is 17.8 Å². The summed E-state index contributed by atoms with van der Waals surface area (Å²) in [5, 5.41) is 7.90. The van der Waals surface area contributed by atoms with Crippen molar-refractivity contribution < 1.29 is 23.9 Å². The molecule has 5 atom stereocenters. The van der Waals surface area contributed by atoms with Crippen LogP contribution in [-0.4, -0.2) is 46.3 Å². The zero-order valence-corrected chi connectivity index (χ0v) is 22.3. The number of ketones is 1. The molecule has 0 radical (unpaired) electrons. The van der Waals surface area contributed by atoms with Gasteiger partial charge in [0.1, 0.15) is 11.6 Å². The summed E-state index contributed by atoms with van der Waals surface area (Å²) in [7, 11) is 0. The second-order valence-electron chi connectivity index (χ2n) is 11.2. The smallest absolute Gasteiger partial charge is 0.246 e. The fourth-order valence-corrected chi connectivity index (χ4v) is 6.47. The third-order valence-electron chi connectivity index (χ3n) is 7.27. The zero-order chi connectivity index (χ0) is 26.8. The van der Waals surface area contributed by atoms with E-state index in [0.717, 1.165) is 4.88 Å². The molecule has 3 aliphatic heterocycles. The van der Waals surface area contributed by atoms with Crippen molar-refractivity contribution in [3.8, 4) is 0 Å². The van der Waals surface area contributed by atoms with Gasteiger partial charge in [-0.15, -0.1) is 11.3 Å². The average Bonchev–Trinajstić information content (AvgIpc) is 3.55. The molecule has 3 aliphatic rings. The maximum absolute atomic E-state index is 14.2. The minimum absolute atomic E-state index is 0.155. The van der Waals surface area contributed by atoms with Gasteiger partial charge >= 0.3 is 0 Å². The van der Waals surface area contributed by atoms with Crippen LogP contribution < -0.4 is 15.5 Å². The normalized spacial score (nSPS) is 29.9. The summed E-state index contributed by atoms with van der Waals surface area (Å²) in [6.45, 7) is 9.18. The molecule has 2 fully saturated rings. The van der Waals surface area contributed by atoms with Crippen molar-refractivity contribution in [1.29, 1.82) is 0 Å². The van der Waals surface area contributed by atoms with E-state index in [1.165, 1.54) is 23.2 Å². The Bertz CT molecular complexity index is 1310. The standard InChI is InChI=1S/C28H31N3O5S/c1-16(32)17-8-6-9-18(14-17)31-22(24(34)30-26(2,3)4)28-12-11-27(5,36-28)20(21(28)25(31)35)23(33)29-15-19-10-7-13-37-19/h6-14,20-22H,15H2,1-5H3,(H,29,33)(H,30,34)/t20-,21+,22+,27+,28+/m0/s1. The van der Waals surface area contributed by atoms with Crippen LogP contribution in [0.5, 0.6) is 0 Å². The highest BCUT2D eigenvalue weighted by Gasteiger charge is 2.76. The summed E-state index contributed by atoms with van der Waals surface area (Å²) in [5.74, 6) is -2.93. The number of carbonyl (C=O) groups is 4. The highest BCUT2D eigenvalue weighted by molar-refractivity contribution is 7.09. The fourth-order valence-electron chi connectivity index (χ4n) is 5.82. The average molecular weight is 522 g/mol. The molecule has 0 saturated carbocycles. The van der Waals surface area contributed by atoms with Crippen molar-refractivity contribution in [2.45, 2.75) is 63.9 Å². The Labute approximate surface area is 220 Å². The maximum atomic E-state index is 14.2. The van der Waals surface area contributed by atoms with Crippen LogP contribution in [0, 0.1) is 11.8 Å². The van der Waals surface area contributed by atoms with Crippen molar-refractivity contribution in [2.24, 2.45) is 11.8 Å². The molecule has 37 heavy (non-hydrogen) atoms. The number of carbonyl (C=O) groups excluding carboxylic acids is 4. The number of nitrogens with zero attached hydrogens (tertiary/aromatic N) is 1. The van der Waals surface area contributed by atoms with Crippen LogP contribution in [0.3, 0.4) is 0 Å². The molecule has 0 unspecified atom stereocenters. The van der Waals surface area contributed by atoms with Crippen LogP contribution in [0.2, 0.25) is 0 Å². The van der Waals surface area contributed by atoms with Gasteiger partial charge in [0.25, 0.3) is 0 Å². The van der Waals surface area contributed by atoms with Crippen LogP contribution in [0.4, 0.5) is 5.69 Å². The molecule has 4 heterocycles. The molecule has 5 rings (SSSR count). The Morgan fingerprint density at radius 3 is 2.51 bits per heavy atom. The predicted molar refractivity (Wildman–Crippen MR) is 140 cm³/mol. The Kier molecular flexibility index (Phi) is 5.91. The van der Waals surface area contributed by atoms with Crippen molar-refractivity contribution in [2.75, 3.05) is 4.90 Å². The van der Waals surface area contributed by atoms with Gasteiger partial charge in [0.05, 0.1) is 24.0 Å². The maximum Gasteiger partial charge on any atom is 0.246 e. The van der Waals surface area contributed by atoms with E-state index in [9.17, 15) is 19.2 Å². The van der Waals surface area contributed by atoms with Gasteiger partial charge in [-0.25, -0.2) is 0 Å². The Hall–Kier alpha value is -3.30. The molecular formula is C28H31N3O5S. The Morgan fingerprint density at radius 1 is 1.11 bits per heavy atom. The first-order valence-corrected chi connectivity index (χ1v) is 13.2. The molecule has 2 N–H and O–H groups in total. The summed E-state index contributed by atoms with van der Waals surface area (Å²) < 4.78 is 6.53. The van der Waals surface area contributed by atoms with Gasteiger partial charge in [-0.2, -0.15) is 0 Å². The van der Waals surface area contributed by atoms with Crippen LogP contribution in [0.15, 0.2) is 53.9 Å². The van der Waals surface area contributed by atoms with Crippen molar-refractivity contribution in [3.05, 3.63) is 64.4 Å². The number of anilines is 1. The largest absolute Gasteiger partial charge is 0.356 e. The topological polar surface area (TPSA) is 105 Å². The molecule has 2 aromatic rings. The highest BCUT2D eigenvalue weighted by atomic mass is 32.1. The number of hydrogen-bond acceptors (Lipinski definition) is 6. The molecule has 1 aromatic heterocycles. The van der Waals surface area contributed by atoms with Gasteiger partial charge in [-0.05, 0) is 58.2 Å². The number of rotatable bonds is 6.